The average molecular weight is 288 g/mol. The first-order valence-corrected chi connectivity index (χ1v) is 7.34. The summed E-state index contributed by atoms with van der Waals surface area (Å²) in [6.07, 6.45) is 2.24. The van der Waals surface area contributed by atoms with Gasteiger partial charge in [0.2, 0.25) is 0 Å². The molecule has 0 bridgehead atoms. The lowest BCUT2D eigenvalue weighted by molar-refractivity contribution is 0.609. The van der Waals surface area contributed by atoms with Crippen molar-refractivity contribution in [2.24, 2.45) is 0 Å². The zero-order chi connectivity index (χ0) is 14.3. The molecule has 20 heavy (non-hydrogen) atoms. The minimum atomic E-state index is 0.415. The van der Waals surface area contributed by atoms with E-state index in [1.165, 1.54) is 11.3 Å². The number of aromatic nitrogens is 2. The Morgan fingerprint density at radius 2 is 1.90 bits per heavy atom. The van der Waals surface area contributed by atoms with Crippen molar-refractivity contribution >= 4 is 23.1 Å². The van der Waals surface area contributed by atoms with Crippen molar-refractivity contribution in [3.8, 4) is 0 Å². The molecule has 1 aliphatic heterocycles. The van der Waals surface area contributed by atoms with Crippen LogP contribution in [0.4, 0.5) is 11.5 Å². The van der Waals surface area contributed by atoms with Gasteiger partial charge in [0.15, 0.2) is 11.0 Å². The minimum absolute atomic E-state index is 0.415. The van der Waals surface area contributed by atoms with Gasteiger partial charge in [-0.2, -0.15) is 0 Å². The van der Waals surface area contributed by atoms with E-state index in [2.05, 4.69) is 53.2 Å². The highest BCUT2D eigenvalue weighted by Gasteiger charge is 2.27. The number of hydrogen-bond acceptors (Lipinski definition) is 3. The largest absolute Gasteiger partial charge is 0.322 e. The molecule has 2 aromatic rings. The zero-order valence-corrected chi connectivity index (χ0v) is 12.8. The molecule has 1 unspecified atom stereocenters. The van der Waals surface area contributed by atoms with Crippen molar-refractivity contribution in [3.05, 3.63) is 46.1 Å². The number of rotatable bonds is 1. The molecule has 0 spiro atoms. The molecular formula is C16H18ClN3. The number of hydrogen-bond donors (Lipinski definition) is 0. The van der Waals surface area contributed by atoms with Crippen molar-refractivity contribution in [1.29, 1.82) is 0 Å². The molecule has 1 aromatic carbocycles. The molecule has 1 atom stereocenters. The van der Waals surface area contributed by atoms with Crippen LogP contribution in [0.3, 0.4) is 0 Å². The van der Waals surface area contributed by atoms with Gasteiger partial charge in [-0.25, -0.2) is 0 Å². The van der Waals surface area contributed by atoms with E-state index in [9.17, 15) is 0 Å². The third-order valence-electron chi connectivity index (χ3n) is 4.19. The monoisotopic (exact) mass is 287 g/mol. The van der Waals surface area contributed by atoms with E-state index in [0.29, 0.717) is 11.2 Å². The van der Waals surface area contributed by atoms with E-state index < -0.39 is 0 Å². The summed E-state index contributed by atoms with van der Waals surface area (Å²) < 4.78 is 0. The van der Waals surface area contributed by atoms with Gasteiger partial charge in [-0.15, -0.1) is 10.2 Å². The Labute approximate surface area is 124 Å². The van der Waals surface area contributed by atoms with E-state index in [-0.39, 0.29) is 0 Å². The summed E-state index contributed by atoms with van der Waals surface area (Å²) in [6.45, 7) is 6.30. The van der Waals surface area contributed by atoms with Gasteiger partial charge in [0.25, 0.3) is 0 Å². The van der Waals surface area contributed by atoms with Crippen LogP contribution in [0.15, 0.2) is 24.3 Å². The van der Waals surface area contributed by atoms with Gasteiger partial charge in [0, 0.05) is 11.7 Å². The normalized spacial score (nSPS) is 18.0. The van der Waals surface area contributed by atoms with Crippen LogP contribution >= 0.6 is 11.6 Å². The maximum absolute atomic E-state index is 6.07. The molecule has 2 heterocycles. The zero-order valence-electron chi connectivity index (χ0n) is 12.0. The lowest BCUT2D eigenvalue weighted by atomic mass is 9.96. The van der Waals surface area contributed by atoms with Crippen molar-refractivity contribution in [3.63, 3.8) is 0 Å². The minimum Gasteiger partial charge on any atom is -0.322 e. The second-order valence-electron chi connectivity index (χ2n) is 5.45. The fraction of sp³-hybridized carbons (Fsp3) is 0.375. The SMILES string of the molecule is Cc1c(Cl)nnc(N2c3ccccc3CCC2C)c1C. The third-order valence-corrected chi connectivity index (χ3v) is 4.55. The molecule has 0 amide bonds. The van der Waals surface area contributed by atoms with Crippen molar-refractivity contribution in [2.45, 2.75) is 39.7 Å². The summed E-state index contributed by atoms with van der Waals surface area (Å²) in [5, 5.41) is 8.94. The number of fused-ring (bicyclic) bond motifs is 1. The van der Waals surface area contributed by atoms with Crippen LogP contribution in [0.25, 0.3) is 0 Å². The summed E-state index contributed by atoms with van der Waals surface area (Å²) in [4.78, 5) is 2.30. The average Bonchev–Trinajstić information content (AvgIpc) is 2.46. The van der Waals surface area contributed by atoms with E-state index in [4.69, 9.17) is 11.6 Å². The van der Waals surface area contributed by atoms with Gasteiger partial charge in [0.05, 0.1) is 0 Å². The number of aryl methyl sites for hydroxylation is 1. The number of para-hydroxylation sites is 1. The van der Waals surface area contributed by atoms with Gasteiger partial charge in [-0.1, -0.05) is 29.8 Å². The molecule has 0 saturated heterocycles. The first-order chi connectivity index (χ1) is 9.59. The Bertz CT molecular complexity index is 654. The van der Waals surface area contributed by atoms with Crippen LogP contribution in [-0.4, -0.2) is 16.2 Å². The van der Waals surface area contributed by atoms with Crippen LogP contribution < -0.4 is 4.90 Å². The lowest BCUT2D eigenvalue weighted by Gasteiger charge is -2.36. The molecule has 0 N–H and O–H groups in total. The summed E-state index contributed by atoms with van der Waals surface area (Å²) in [6, 6.07) is 8.95. The molecule has 3 rings (SSSR count). The molecule has 0 fully saturated rings. The van der Waals surface area contributed by atoms with Crippen molar-refractivity contribution in [2.75, 3.05) is 4.90 Å². The molecule has 4 heteroatoms. The lowest BCUT2D eigenvalue weighted by Crippen LogP contribution is -2.34. The fourth-order valence-electron chi connectivity index (χ4n) is 2.80. The molecule has 1 aromatic heterocycles. The summed E-state index contributed by atoms with van der Waals surface area (Å²) >= 11 is 6.07. The summed E-state index contributed by atoms with van der Waals surface area (Å²) in [7, 11) is 0. The molecule has 0 radical (unpaired) electrons. The summed E-state index contributed by atoms with van der Waals surface area (Å²) in [5.74, 6) is 0.923. The number of benzene rings is 1. The third kappa shape index (κ3) is 2.06. The summed E-state index contributed by atoms with van der Waals surface area (Å²) in [5.41, 5.74) is 4.73. The molecule has 3 nitrogen and oxygen atoms in total. The Hall–Kier alpha value is -1.61. The van der Waals surface area contributed by atoms with Crippen LogP contribution in [0.5, 0.6) is 0 Å². The molecule has 0 aliphatic carbocycles. The number of halogens is 1. The smallest absolute Gasteiger partial charge is 0.159 e. The second kappa shape index (κ2) is 5.06. The molecular weight excluding hydrogens is 270 g/mol. The molecule has 0 saturated carbocycles. The highest BCUT2D eigenvalue weighted by atomic mass is 35.5. The first kappa shape index (κ1) is 13.4. The number of nitrogens with zero attached hydrogens (tertiary/aromatic N) is 3. The Morgan fingerprint density at radius 1 is 1.15 bits per heavy atom. The quantitative estimate of drug-likeness (QED) is 0.786. The Morgan fingerprint density at radius 3 is 2.70 bits per heavy atom. The number of anilines is 2. The van der Waals surface area contributed by atoms with Gasteiger partial charge in [-0.05, 0) is 56.4 Å². The van der Waals surface area contributed by atoms with E-state index in [0.717, 1.165) is 29.8 Å². The van der Waals surface area contributed by atoms with Gasteiger partial charge in [-0.3, -0.25) is 0 Å². The van der Waals surface area contributed by atoms with Crippen molar-refractivity contribution < 1.29 is 0 Å². The maximum Gasteiger partial charge on any atom is 0.159 e. The topological polar surface area (TPSA) is 29.0 Å². The van der Waals surface area contributed by atoms with Crippen LogP contribution in [-0.2, 0) is 6.42 Å². The first-order valence-electron chi connectivity index (χ1n) is 6.96. The van der Waals surface area contributed by atoms with Crippen LogP contribution in [0.2, 0.25) is 5.15 Å². The van der Waals surface area contributed by atoms with Crippen LogP contribution in [0, 0.1) is 13.8 Å². The second-order valence-corrected chi connectivity index (χ2v) is 5.81. The van der Waals surface area contributed by atoms with Crippen LogP contribution in [0.1, 0.15) is 30.0 Å². The maximum atomic E-state index is 6.07. The van der Waals surface area contributed by atoms with E-state index in [1.54, 1.807) is 0 Å². The highest BCUT2D eigenvalue weighted by Crippen LogP contribution is 2.37. The Balaban J connectivity index is 2.17. The molecule has 104 valence electrons. The predicted octanol–water partition coefficient (Wildman–Crippen LogP) is 4.22. The van der Waals surface area contributed by atoms with Gasteiger partial charge < -0.3 is 4.90 Å². The predicted molar refractivity (Wildman–Crippen MR) is 82.9 cm³/mol. The molecule has 1 aliphatic rings. The Kier molecular flexibility index (Phi) is 3.38. The van der Waals surface area contributed by atoms with Crippen molar-refractivity contribution in [1.82, 2.24) is 10.2 Å². The van der Waals surface area contributed by atoms with E-state index >= 15 is 0 Å². The fourth-order valence-corrected chi connectivity index (χ4v) is 2.98. The standard InChI is InChI=1S/C16H18ClN3/c1-10-8-9-13-6-4-5-7-14(13)20(10)16-12(3)11(2)15(17)18-19-16/h4-7,10H,8-9H2,1-3H3. The highest BCUT2D eigenvalue weighted by molar-refractivity contribution is 6.30. The van der Waals surface area contributed by atoms with E-state index in [1.807, 2.05) is 6.92 Å². The van der Waals surface area contributed by atoms with Gasteiger partial charge in [0.1, 0.15) is 0 Å². The van der Waals surface area contributed by atoms with Gasteiger partial charge >= 0.3 is 0 Å².